The lowest BCUT2D eigenvalue weighted by atomic mass is 10.2. The molecule has 1 aliphatic rings. The molecule has 26 heavy (non-hydrogen) atoms. The molecule has 0 saturated carbocycles. The predicted octanol–water partition coefficient (Wildman–Crippen LogP) is 2.94. The van der Waals surface area contributed by atoms with Crippen LogP contribution in [-0.4, -0.2) is 44.4 Å². The number of benzene rings is 1. The minimum Gasteiger partial charge on any atom is -0.493 e. The molecule has 1 saturated heterocycles. The quantitative estimate of drug-likeness (QED) is 0.793. The van der Waals surface area contributed by atoms with Crippen LogP contribution in [0.5, 0.6) is 11.5 Å². The number of hydrogen-bond acceptors (Lipinski definition) is 6. The number of amides is 1. The van der Waals surface area contributed by atoms with Crippen LogP contribution in [0.25, 0.3) is 0 Å². The van der Waals surface area contributed by atoms with Crippen molar-refractivity contribution in [1.29, 1.82) is 0 Å². The van der Waals surface area contributed by atoms with Crippen LogP contribution in [0, 0.1) is 0 Å². The summed E-state index contributed by atoms with van der Waals surface area (Å²) in [7, 11) is 3.09. The number of nitrogens with one attached hydrogen (secondary N) is 2. The van der Waals surface area contributed by atoms with E-state index in [1.54, 1.807) is 31.5 Å². The van der Waals surface area contributed by atoms with Gasteiger partial charge in [0.25, 0.3) is 5.91 Å². The van der Waals surface area contributed by atoms with E-state index in [1.165, 1.54) is 7.11 Å². The summed E-state index contributed by atoms with van der Waals surface area (Å²) in [6.45, 7) is 1.57. The molecule has 1 aromatic carbocycles. The van der Waals surface area contributed by atoms with Crippen molar-refractivity contribution in [1.82, 2.24) is 4.98 Å². The van der Waals surface area contributed by atoms with Gasteiger partial charge in [-0.15, -0.1) is 0 Å². The fraction of sp³-hybridized carbons (Fsp3) is 0.368. The molecule has 1 aromatic heterocycles. The molecule has 1 fully saturated rings. The summed E-state index contributed by atoms with van der Waals surface area (Å²) < 4.78 is 16.0. The highest BCUT2D eigenvalue weighted by Crippen LogP contribution is 2.27. The average Bonchev–Trinajstić information content (AvgIpc) is 3.20. The molecule has 2 aromatic rings. The van der Waals surface area contributed by atoms with Gasteiger partial charge in [-0.25, -0.2) is 4.98 Å². The van der Waals surface area contributed by atoms with Crippen molar-refractivity contribution in [3.63, 3.8) is 0 Å². The Balaban J connectivity index is 1.58. The Morgan fingerprint density at radius 3 is 2.73 bits per heavy atom. The minimum atomic E-state index is -0.243. The van der Waals surface area contributed by atoms with E-state index in [1.807, 2.05) is 12.1 Å². The van der Waals surface area contributed by atoms with Gasteiger partial charge in [0.05, 0.1) is 32.2 Å². The third-order valence-electron chi connectivity index (χ3n) is 4.20. The summed E-state index contributed by atoms with van der Waals surface area (Å²) in [5, 5.41) is 6.07. The van der Waals surface area contributed by atoms with Gasteiger partial charge < -0.3 is 24.8 Å². The van der Waals surface area contributed by atoms with Gasteiger partial charge in [0, 0.05) is 18.7 Å². The van der Waals surface area contributed by atoms with E-state index >= 15 is 0 Å². The Morgan fingerprint density at radius 2 is 2.08 bits per heavy atom. The largest absolute Gasteiger partial charge is 0.493 e. The van der Waals surface area contributed by atoms with E-state index in [4.69, 9.17) is 14.2 Å². The zero-order chi connectivity index (χ0) is 18.4. The lowest BCUT2D eigenvalue weighted by molar-refractivity contribution is 0.102. The van der Waals surface area contributed by atoms with Gasteiger partial charge in [-0.05, 0) is 43.2 Å². The molecule has 1 aliphatic heterocycles. The Labute approximate surface area is 152 Å². The zero-order valence-corrected chi connectivity index (χ0v) is 15.0. The molecule has 1 amide bonds. The molecule has 2 N–H and O–H groups in total. The van der Waals surface area contributed by atoms with Crippen molar-refractivity contribution >= 4 is 17.4 Å². The molecular formula is C19H23N3O4. The molecule has 0 spiro atoms. The number of ether oxygens (including phenoxy) is 3. The van der Waals surface area contributed by atoms with Gasteiger partial charge in [0.15, 0.2) is 11.5 Å². The Morgan fingerprint density at radius 1 is 1.23 bits per heavy atom. The van der Waals surface area contributed by atoms with Crippen LogP contribution in [0.4, 0.5) is 11.5 Å². The molecule has 0 radical (unpaired) electrons. The number of carbonyl (C=O) groups is 1. The van der Waals surface area contributed by atoms with E-state index in [9.17, 15) is 4.79 Å². The first-order valence-corrected chi connectivity index (χ1v) is 8.54. The molecular weight excluding hydrogens is 334 g/mol. The van der Waals surface area contributed by atoms with Crippen molar-refractivity contribution in [2.24, 2.45) is 0 Å². The molecule has 2 heterocycles. The average molecular weight is 357 g/mol. The van der Waals surface area contributed by atoms with Crippen LogP contribution < -0.4 is 20.1 Å². The number of pyridine rings is 1. The third-order valence-corrected chi connectivity index (χ3v) is 4.20. The highest BCUT2D eigenvalue weighted by atomic mass is 16.5. The van der Waals surface area contributed by atoms with Crippen LogP contribution in [-0.2, 0) is 4.74 Å². The molecule has 3 rings (SSSR count). The SMILES string of the molecule is COc1ccc(C(=O)Nc2ccc(NCC3CCCO3)nc2)cc1OC. The maximum Gasteiger partial charge on any atom is 0.255 e. The monoisotopic (exact) mass is 357 g/mol. The number of hydrogen-bond donors (Lipinski definition) is 2. The number of carbonyl (C=O) groups excluding carboxylic acids is 1. The van der Waals surface area contributed by atoms with Crippen LogP contribution in [0.2, 0.25) is 0 Å². The van der Waals surface area contributed by atoms with Gasteiger partial charge >= 0.3 is 0 Å². The summed E-state index contributed by atoms with van der Waals surface area (Å²) in [6.07, 6.45) is 4.06. The van der Waals surface area contributed by atoms with Gasteiger partial charge in [-0.2, -0.15) is 0 Å². The fourth-order valence-electron chi connectivity index (χ4n) is 2.78. The van der Waals surface area contributed by atoms with E-state index in [0.29, 0.717) is 22.7 Å². The second kappa shape index (κ2) is 8.53. The van der Waals surface area contributed by atoms with E-state index in [0.717, 1.165) is 31.8 Å². The maximum atomic E-state index is 12.4. The Bertz CT molecular complexity index is 743. The third kappa shape index (κ3) is 4.43. The molecule has 1 unspecified atom stereocenters. The predicted molar refractivity (Wildman–Crippen MR) is 99.2 cm³/mol. The molecule has 0 bridgehead atoms. The van der Waals surface area contributed by atoms with Crippen molar-refractivity contribution in [3.05, 3.63) is 42.1 Å². The van der Waals surface area contributed by atoms with Gasteiger partial charge in [0.1, 0.15) is 5.82 Å². The van der Waals surface area contributed by atoms with E-state index < -0.39 is 0 Å². The first-order valence-electron chi connectivity index (χ1n) is 8.54. The minimum absolute atomic E-state index is 0.243. The van der Waals surface area contributed by atoms with Crippen LogP contribution in [0.15, 0.2) is 36.5 Å². The van der Waals surface area contributed by atoms with Crippen LogP contribution >= 0.6 is 0 Å². The van der Waals surface area contributed by atoms with Crippen LogP contribution in [0.3, 0.4) is 0 Å². The molecule has 7 nitrogen and oxygen atoms in total. The Hall–Kier alpha value is -2.80. The summed E-state index contributed by atoms with van der Waals surface area (Å²) in [5.74, 6) is 1.59. The number of methoxy groups -OCH3 is 2. The van der Waals surface area contributed by atoms with E-state index in [-0.39, 0.29) is 12.0 Å². The normalized spacial score (nSPS) is 16.2. The lowest BCUT2D eigenvalue weighted by Gasteiger charge is -2.12. The maximum absolute atomic E-state index is 12.4. The number of anilines is 2. The van der Waals surface area contributed by atoms with Crippen LogP contribution in [0.1, 0.15) is 23.2 Å². The van der Waals surface area contributed by atoms with Gasteiger partial charge in [0.2, 0.25) is 0 Å². The number of rotatable bonds is 7. The molecule has 1 atom stereocenters. The molecule has 7 heteroatoms. The van der Waals surface area contributed by atoms with Gasteiger partial charge in [-0.3, -0.25) is 4.79 Å². The Kier molecular flexibility index (Phi) is 5.91. The van der Waals surface area contributed by atoms with Crippen molar-refractivity contribution in [2.75, 3.05) is 38.0 Å². The standard InChI is InChI=1S/C19H23N3O4/c1-24-16-7-5-13(10-17(16)25-2)19(23)22-14-6-8-18(20-11-14)21-12-15-4-3-9-26-15/h5-8,10-11,15H,3-4,9,12H2,1-2H3,(H,20,21)(H,22,23). The summed E-state index contributed by atoms with van der Waals surface area (Å²) in [6, 6.07) is 8.66. The summed E-state index contributed by atoms with van der Waals surface area (Å²) in [4.78, 5) is 16.7. The van der Waals surface area contributed by atoms with Crippen molar-refractivity contribution in [3.8, 4) is 11.5 Å². The highest BCUT2D eigenvalue weighted by molar-refractivity contribution is 6.04. The summed E-state index contributed by atoms with van der Waals surface area (Å²) in [5.41, 5.74) is 1.09. The zero-order valence-electron chi connectivity index (χ0n) is 15.0. The molecule has 0 aliphatic carbocycles. The molecule has 138 valence electrons. The first-order chi connectivity index (χ1) is 12.7. The van der Waals surface area contributed by atoms with Crippen molar-refractivity contribution < 1.29 is 19.0 Å². The van der Waals surface area contributed by atoms with Gasteiger partial charge in [-0.1, -0.05) is 0 Å². The second-order valence-electron chi connectivity index (χ2n) is 5.97. The first kappa shape index (κ1) is 18.0. The lowest BCUT2D eigenvalue weighted by Crippen LogP contribution is -2.19. The smallest absolute Gasteiger partial charge is 0.255 e. The fourth-order valence-corrected chi connectivity index (χ4v) is 2.78. The van der Waals surface area contributed by atoms with Crippen molar-refractivity contribution in [2.45, 2.75) is 18.9 Å². The highest BCUT2D eigenvalue weighted by Gasteiger charge is 2.15. The topological polar surface area (TPSA) is 81.7 Å². The number of aromatic nitrogens is 1. The van der Waals surface area contributed by atoms with E-state index in [2.05, 4.69) is 15.6 Å². The summed E-state index contributed by atoms with van der Waals surface area (Å²) >= 11 is 0. The second-order valence-corrected chi connectivity index (χ2v) is 5.97. The number of nitrogens with zero attached hydrogens (tertiary/aromatic N) is 1.